The number of pyridine rings is 1. The van der Waals surface area contributed by atoms with Crippen molar-refractivity contribution in [2.75, 3.05) is 31.1 Å². The number of aromatic nitrogens is 1. The highest BCUT2D eigenvalue weighted by molar-refractivity contribution is 5.68. The van der Waals surface area contributed by atoms with Crippen LogP contribution in [0, 0.1) is 17.6 Å². The molecule has 1 aromatic heterocycles. The summed E-state index contributed by atoms with van der Waals surface area (Å²) in [4.78, 5) is 16.0. The molecule has 2 N–H and O–H groups in total. The minimum absolute atomic E-state index is 0.0837. The van der Waals surface area contributed by atoms with Gasteiger partial charge in [-0.3, -0.25) is 4.79 Å². The van der Waals surface area contributed by atoms with Crippen LogP contribution in [0.1, 0.15) is 12.8 Å². The number of hydrogen-bond acceptors (Lipinski definition) is 4. The van der Waals surface area contributed by atoms with E-state index in [0.717, 1.165) is 25.1 Å². The number of rotatable bonds is 5. The molecule has 0 saturated carbocycles. The van der Waals surface area contributed by atoms with Crippen LogP contribution in [0.3, 0.4) is 0 Å². The maximum absolute atomic E-state index is 13.7. The molecule has 20 heavy (non-hydrogen) atoms. The number of nitrogens with zero attached hydrogens (tertiary/aromatic N) is 2. The van der Waals surface area contributed by atoms with Gasteiger partial charge in [0.1, 0.15) is 5.82 Å². The fourth-order valence-electron chi connectivity index (χ4n) is 2.45. The highest BCUT2D eigenvalue weighted by atomic mass is 19.1. The van der Waals surface area contributed by atoms with Gasteiger partial charge in [0.15, 0.2) is 11.6 Å². The molecule has 1 aliphatic heterocycles. The molecule has 1 aromatic rings. The molecule has 2 heterocycles. The predicted octanol–water partition coefficient (Wildman–Crippen LogP) is 1.25. The molecule has 1 aliphatic rings. The van der Waals surface area contributed by atoms with Crippen molar-refractivity contribution in [1.82, 2.24) is 10.3 Å². The molecular weight excluding hydrogens is 268 g/mol. The molecule has 5 nitrogen and oxygen atoms in total. The largest absolute Gasteiger partial charge is 0.480 e. The monoisotopic (exact) mass is 285 g/mol. The van der Waals surface area contributed by atoms with Crippen LogP contribution >= 0.6 is 0 Å². The normalized spacial score (nSPS) is 19.1. The third-order valence-corrected chi connectivity index (χ3v) is 3.32. The Balaban J connectivity index is 1.94. The van der Waals surface area contributed by atoms with Crippen molar-refractivity contribution >= 4 is 11.8 Å². The van der Waals surface area contributed by atoms with Crippen molar-refractivity contribution in [3.63, 3.8) is 0 Å². The summed E-state index contributed by atoms with van der Waals surface area (Å²) in [6.07, 6.45) is 2.83. The Morgan fingerprint density at radius 3 is 3.05 bits per heavy atom. The van der Waals surface area contributed by atoms with E-state index in [1.807, 2.05) is 0 Å². The van der Waals surface area contributed by atoms with Crippen LogP contribution in [0.4, 0.5) is 14.6 Å². The average Bonchev–Trinajstić information content (AvgIpc) is 2.38. The molecule has 0 bridgehead atoms. The topological polar surface area (TPSA) is 65.5 Å². The predicted molar refractivity (Wildman–Crippen MR) is 69.6 cm³/mol. The minimum Gasteiger partial charge on any atom is -0.480 e. The van der Waals surface area contributed by atoms with Crippen LogP contribution in [0.25, 0.3) is 0 Å². The van der Waals surface area contributed by atoms with E-state index in [9.17, 15) is 13.6 Å². The van der Waals surface area contributed by atoms with Gasteiger partial charge in [0.05, 0.1) is 12.7 Å². The van der Waals surface area contributed by atoms with Gasteiger partial charge < -0.3 is 15.3 Å². The summed E-state index contributed by atoms with van der Waals surface area (Å²) in [5.41, 5.74) is 0. The number of anilines is 1. The van der Waals surface area contributed by atoms with Crippen LogP contribution in [0.2, 0.25) is 0 Å². The standard InChI is InChI=1S/C13H17F2N3O2/c14-10-4-11(15)13(17-6-10)18-3-1-2-9(8-18)5-16-7-12(19)20/h4,6,9,16H,1-3,5,7-8H2,(H,19,20). The minimum atomic E-state index is -0.899. The first-order valence-corrected chi connectivity index (χ1v) is 6.54. The van der Waals surface area contributed by atoms with E-state index in [-0.39, 0.29) is 18.3 Å². The smallest absolute Gasteiger partial charge is 0.317 e. The van der Waals surface area contributed by atoms with Gasteiger partial charge in [-0.05, 0) is 18.8 Å². The zero-order valence-electron chi connectivity index (χ0n) is 11.0. The second-order valence-corrected chi connectivity index (χ2v) is 4.94. The number of hydrogen-bond donors (Lipinski definition) is 2. The molecule has 0 spiro atoms. The molecule has 1 unspecified atom stereocenters. The Labute approximate surface area is 115 Å². The van der Waals surface area contributed by atoms with E-state index in [4.69, 9.17) is 5.11 Å². The summed E-state index contributed by atoms with van der Waals surface area (Å²) in [6, 6.07) is 0.828. The Bertz CT molecular complexity index is 485. The average molecular weight is 285 g/mol. The maximum Gasteiger partial charge on any atom is 0.317 e. The summed E-state index contributed by atoms with van der Waals surface area (Å²) in [7, 11) is 0. The number of aliphatic carboxylic acids is 1. The highest BCUT2D eigenvalue weighted by Crippen LogP contribution is 2.23. The van der Waals surface area contributed by atoms with E-state index in [1.165, 1.54) is 0 Å². The summed E-state index contributed by atoms with van der Waals surface area (Å²) in [5.74, 6) is -1.86. The number of carbonyl (C=O) groups is 1. The van der Waals surface area contributed by atoms with E-state index in [0.29, 0.717) is 19.6 Å². The van der Waals surface area contributed by atoms with E-state index in [2.05, 4.69) is 10.3 Å². The number of nitrogens with one attached hydrogen (secondary N) is 1. The van der Waals surface area contributed by atoms with Crippen molar-refractivity contribution in [2.24, 2.45) is 5.92 Å². The summed E-state index contributed by atoms with van der Waals surface area (Å²) >= 11 is 0. The van der Waals surface area contributed by atoms with Gasteiger partial charge in [0.2, 0.25) is 0 Å². The Kier molecular flexibility index (Phi) is 4.84. The molecule has 0 aliphatic carbocycles. The first kappa shape index (κ1) is 14.6. The van der Waals surface area contributed by atoms with Gasteiger partial charge >= 0.3 is 5.97 Å². The third kappa shape index (κ3) is 3.86. The molecule has 110 valence electrons. The van der Waals surface area contributed by atoms with Crippen LogP contribution in [-0.4, -0.2) is 42.2 Å². The van der Waals surface area contributed by atoms with Gasteiger partial charge in [-0.15, -0.1) is 0 Å². The maximum atomic E-state index is 13.7. The highest BCUT2D eigenvalue weighted by Gasteiger charge is 2.23. The van der Waals surface area contributed by atoms with Crippen molar-refractivity contribution in [3.8, 4) is 0 Å². The zero-order chi connectivity index (χ0) is 14.5. The number of carboxylic acids is 1. The van der Waals surface area contributed by atoms with Gasteiger partial charge in [0.25, 0.3) is 0 Å². The van der Waals surface area contributed by atoms with Gasteiger partial charge in [0, 0.05) is 25.7 Å². The third-order valence-electron chi connectivity index (χ3n) is 3.32. The van der Waals surface area contributed by atoms with Gasteiger partial charge in [-0.25, -0.2) is 13.8 Å². The quantitative estimate of drug-likeness (QED) is 0.852. The molecule has 1 atom stereocenters. The van der Waals surface area contributed by atoms with E-state index < -0.39 is 17.6 Å². The van der Waals surface area contributed by atoms with Crippen molar-refractivity contribution in [3.05, 3.63) is 23.9 Å². The lowest BCUT2D eigenvalue weighted by molar-refractivity contribution is -0.136. The van der Waals surface area contributed by atoms with Crippen molar-refractivity contribution in [2.45, 2.75) is 12.8 Å². The molecule has 0 radical (unpaired) electrons. The fourth-order valence-corrected chi connectivity index (χ4v) is 2.45. The zero-order valence-corrected chi connectivity index (χ0v) is 11.0. The Morgan fingerprint density at radius 2 is 2.35 bits per heavy atom. The lowest BCUT2D eigenvalue weighted by Crippen LogP contribution is -2.41. The lowest BCUT2D eigenvalue weighted by atomic mass is 9.98. The molecule has 0 aromatic carbocycles. The van der Waals surface area contributed by atoms with Crippen LogP contribution in [0.15, 0.2) is 12.3 Å². The van der Waals surface area contributed by atoms with Crippen LogP contribution in [0.5, 0.6) is 0 Å². The van der Waals surface area contributed by atoms with Crippen molar-refractivity contribution in [1.29, 1.82) is 0 Å². The SMILES string of the molecule is O=C(O)CNCC1CCCN(c2ncc(F)cc2F)C1. The van der Waals surface area contributed by atoms with Crippen LogP contribution in [-0.2, 0) is 4.79 Å². The second-order valence-electron chi connectivity index (χ2n) is 4.94. The molecule has 0 amide bonds. The van der Waals surface area contributed by atoms with E-state index in [1.54, 1.807) is 4.90 Å². The molecule has 1 saturated heterocycles. The van der Waals surface area contributed by atoms with Crippen LogP contribution < -0.4 is 10.2 Å². The number of halogens is 2. The summed E-state index contributed by atoms with van der Waals surface area (Å²) < 4.78 is 26.5. The fraction of sp³-hybridized carbons (Fsp3) is 0.538. The summed E-state index contributed by atoms with van der Waals surface area (Å²) in [6.45, 7) is 1.73. The molecular formula is C13H17F2N3O2. The molecule has 1 fully saturated rings. The van der Waals surface area contributed by atoms with Gasteiger partial charge in [-0.2, -0.15) is 0 Å². The second kappa shape index (κ2) is 6.60. The lowest BCUT2D eigenvalue weighted by Gasteiger charge is -2.33. The first-order valence-electron chi connectivity index (χ1n) is 6.54. The summed E-state index contributed by atoms with van der Waals surface area (Å²) in [5, 5.41) is 11.4. The first-order chi connectivity index (χ1) is 9.56. The van der Waals surface area contributed by atoms with E-state index >= 15 is 0 Å². The van der Waals surface area contributed by atoms with Gasteiger partial charge in [-0.1, -0.05) is 0 Å². The molecule has 2 rings (SSSR count). The van der Waals surface area contributed by atoms with Crippen molar-refractivity contribution < 1.29 is 18.7 Å². The molecule has 7 heteroatoms. The Morgan fingerprint density at radius 1 is 1.55 bits per heavy atom. The number of piperidine rings is 1. The number of carboxylic acid groups (broad SMARTS) is 1. The Hall–Kier alpha value is -1.76.